The molecule has 0 atom stereocenters. The summed E-state index contributed by atoms with van der Waals surface area (Å²) in [6, 6.07) is 8.06. The van der Waals surface area contributed by atoms with Crippen molar-refractivity contribution in [3.8, 4) is 0 Å². The van der Waals surface area contributed by atoms with E-state index in [-0.39, 0.29) is 24.5 Å². The highest BCUT2D eigenvalue weighted by Gasteiger charge is 2.34. The van der Waals surface area contributed by atoms with Crippen molar-refractivity contribution in [3.63, 3.8) is 0 Å². The number of aliphatic carboxylic acids is 1. The van der Waals surface area contributed by atoms with E-state index in [0.717, 1.165) is 25.8 Å². The third-order valence-corrected chi connectivity index (χ3v) is 4.33. The molecule has 0 aromatic heterocycles. The van der Waals surface area contributed by atoms with Gasteiger partial charge in [-0.2, -0.15) is 0 Å². The summed E-state index contributed by atoms with van der Waals surface area (Å²) >= 11 is 0. The summed E-state index contributed by atoms with van der Waals surface area (Å²) in [7, 11) is 0. The van der Waals surface area contributed by atoms with Gasteiger partial charge in [-0.3, -0.25) is 14.5 Å². The Hall–Kier alpha value is -1.88. The van der Waals surface area contributed by atoms with E-state index in [2.05, 4.69) is 12.2 Å². The van der Waals surface area contributed by atoms with Crippen molar-refractivity contribution in [1.29, 1.82) is 0 Å². The zero-order valence-corrected chi connectivity index (χ0v) is 13.2. The zero-order valence-electron chi connectivity index (χ0n) is 13.2. The number of hydrogen-bond acceptors (Lipinski definition) is 3. The molecule has 0 radical (unpaired) electrons. The van der Waals surface area contributed by atoms with Crippen LogP contribution >= 0.6 is 0 Å². The lowest BCUT2D eigenvalue weighted by atomic mass is 9.85. The van der Waals surface area contributed by atoms with Crippen LogP contribution in [0.1, 0.15) is 42.6 Å². The van der Waals surface area contributed by atoms with Gasteiger partial charge in [-0.05, 0) is 43.5 Å². The second kappa shape index (κ2) is 7.40. The number of amides is 1. The van der Waals surface area contributed by atoms with Crippen LogP contribution in [0.4, 0.5) is 0 Å². The van der Waals surface area contributed by atoms with Crippen molar-refractivity contribution >= 4 is 11.9 Å². The molecule has 1 aliphatic rings. The second-order valence-electron chi connectivity index (χ2n) is 5.80. The molecule has 1 saturated carbocycles. The van der Waals surface area contributed by atoms with E-state index in [1.54, 1.807) is 0 Å². The van der Waals surface area contributed by atoms with Crippen molar-refractivity contribution in [2.24, 2.45) is 0 Å². The van der Waals surface area contributed by atoms with Gasteiger partial charge in [-0.15, -0.1) is 0 Å². The van der Waals surface area contributed by atoms with Crippen LogP contribution in [0.3, 0.4) is 0 Å². The van der Waals surface area contributed by atoms with Crippen LogP contribution in [0.25, 0.3) is 0 Å². The number of nitrogens with zero attached hydrogens (tertiary/aromatic N) is 1. The van der Waals surface area contributed by atoms with Gasteiger partial charge in [0, 0.05) is 17.6 Å². The highest BCUT2D eigenvalue weighted by molar-refractivity contribution is 5.94. The van der Waals surface area contributed by atoms with Crippen LogP contribution in [0.15, 0.2) is 24.3 Å². The zero-order chi connectivity index (χ0) is 16.1. The van der Waals surface area contributed by atoms with E-state index >= 15 is 0 Å². The van der Waals surface area contributed by atoms with Crippen molar-refractivity contribution < 1.29 is 14.7 Å². The Kier molecular flexibility index (Phi) is 5.55. The maximum atomic E-state index is 12.2. The lowest BCUT2D eigenvalue weighted by Crippen LogP contribution is -2.54. The molecule has 1 amide bonds. The number of aryl methyl sites for hydroxylation is 1. The van der Waals surface area contributed by atoms with Crippen molar-refractivity contribution in [3.05, 3.63) is 35.4 Å². The van der Waals surface area contributed by atoms with Crippen molar-refractivity contribution in [2.45, 2.75) is 45.2 Å². The molecule has 22 heavy (non-hydrogen) atoms. The molecule has 1 aliphatic carbocycles. The highest BCUT2D eigenvalue weighted by Crippen LogP contribution is 2.25. The molecule has 5 heteroatoms. The Morgan fingerprint density at radius 1 is 1.23 bits per heavy atom. The molecular weight excluding hydrogens is 280 g/mol. The van der Waals surface area contributed by atoms with Gasteiger partial charge in [0.15, 0.2) is 0 Å². The quantitative estimate of drug-likeness (QED) is 0.807. The van der Waals surface area contributed by atoms with Crippen LogP contribution in [0.2, 0.25) is 0 Å². The number of carboxylic acids is 1. The van der Waals surface area contributed by atoms with Crippen molar-refractivity contribution in [2.75, 3.05) is 13.1 Å². The first-order chi connectivity index (χ1) is 10.5. The summed E-state index contributed by atoms with van der Waals surface area (Å²) in [6.07, 6.45) is 2.60. The summed E-state index contributed by atoms with van der Waals surface area (Å²) in [5.74, 6) is -0.849. The standard InChI is InChI=1S/C17H24N2O3/c1-3-12-5-7-13(8-6-12)17(22)18-14-9-15(10-14)19(4-2)11-16(20)21/h5-8,14-15H,3-4,9-11H2,1-2H3,(H,18,22)(H,20,21). The number of likely N-dealkylation sites (N-methyl/N-ethyl adjacent to an activating group) is 1. The minimum absolute atomic E-state index is 0.0487. The Morgan fingerprint density at radius 2 is 1.86 bits per heavy atom. The first-order valence-corrected chi connectivity index (χ1v) is 7.89. The van der Waals surface area contributed by atoms with E-state index in [0.29, 0.717) is 5.56 Å². The topological polar surface area (TPSA) is 69.6 Å². The molecule has 2 rings (SSSR count). The lowest BCUT2D eigenvalue weighted by Gasteiger charge is -2.42. The first kappa shape index (κ1) is 16.5. The van der Waals surface area contributed by atoms with E-state index in [4.69, 9.17) is 5.11 Å². The van der Waals surface area contributed by atoms with Gasteiger partial charge in [0.2, 0.25) is 0 Å². The predicted molar refractivity (Wildman–Crippen MR) is 85.0 cm³/mol. The van der Waals surface area contributed by atoms with Gasteiger partial charge < -0.3 is 10.4 Å². The molecule has 0 saturated heterocycles. The summed E-state index contributed by atoms with van der Waals surface area (Å²) in [5.41, 5.74) is 1.89. The normalized spacial score (nSPS) is 20.5. The number of carbonyl (C=O) groups excluding carboxylic acids is 1. The number of rotatable bonds is 7. The average molecular weight is 304 g/mol. The molecule has 0 heterocycles. The van der Waals surface area contributed by atoms with Crippen LogP contribution in [0.5, 0.6) is 0 Å². The van der Waals surface area contributed by atoms with E-state index in [1.165, 1.54) is 5.56 Å². The summed E-state index contributed by atoms with van der Waals surface area (Å²) in [6.45, 7) is 4.83. The Morgan fingerprint density at radius 3 is 2.36 bits per heavy atom. The molecule has 1 aromatic rings. The minimum atomic E-state index is -0.801. The Bertz CT molecular complexity index is 521. The molecule has 120 valence electrons. The Labute approximate surface area is 131 Å². The minimum Gasteiger partial charge on any atom is -0.480 e. The molecule has 5 nitrogen and oxygen atoms in total. The van der Waals surface area contributed by atoms with E-state index in [9.17, 15) is 9.59 Å². The molecule has 0 aliphatic heterocycles. The molecule has 0 spiro atoms. The SMILES string of the molecule is CCc1ccc(C(=O)NC2CC(N(CC)CC(=O)O)C2)cc1. The number of hydrogen-bond donors (Lipinski definition) is 2. The van der Waals surface area contributed by atoms with Crippen LogP contribution in [-0.4, -0.2) is 47.1 Å². The van der Waals surface area contributed by atoms with Gasteiger partial charge >= 0.3 is 5.97 Å². The maximum absolute atomic E-state index is 12.2. The number of benzene rings is 1. The smallest absolute Gasteiger partial charge is 0.317 e. The van der Waals surface area contributed by atoms with Crippen LogP contribution in [-0.2, 0) is 11.2 Å². The average Bonchev–Trinajstić information content (AvgIpc) is 2.48. The molecule has 0 unspecified atom stereocenters. The number of carboxylic acid groups (broad SMARTS) is 1. The fraction of sp³-hybridized carbons (Fsp3) is 0.529. The van der Waals surface area contributed by atoms with Gasteiger partial charge in [0.25, 0.3) is 5.91 Å². The van der Waals surface area contributed by atoms with Gasteiger partial charge in [0.1, 0.15) is 0 Å². The monoisotopic (exact) mass is 304 g/mol. The van der Waals surface area contributed by atoms with Gasteiger partial charge in [0.05, 0.1) is 6.54 Å². The molecular formula is C17H24N2O3. The first-order valence-electron chi connectivity index (χ1n) is 7.89. The molecule has 1 fully saturated rings. The van der Waals surface area contributed by atoms with Crippen molar-refractivity contribution in [1.82, 2.24) is 10.2 Å². The summed E-state index contributed by atoms with van der Waals surface area (Å²) < 4.78 is 0. The molecule has 2 N–H and O–H groups in total. The van der Waals surface area contributed by atoms with Gasteiger partial charge in [-0.1, -0.05) is 26.0 Å². The highest BCUT2D eigenvalue weighted by atomic mass is 16.4. The van der Waals surface area contributed by atoms with Crippen LogP contribution < -0.4 is 5.32 Å². The molecule has 0 bridgehead atoms. The largest absolute Gasteiger partial charge is 0.480 e. The summed E-state index contributed by atoms with van der Waals surface area (Å²) in [5, 5.41) is 11.9. The summed E-state index contributed by atoms with van der Waals surface area (Å²) in [4.78, 5) is 24.9. The van der Waals surface area contributed by atoms with Gasteiger partial charge in [-0.25, -0.2) is 0 Å². The lowest BCUT2D eigenvalue weighted by molar-refractivity contribution is -0.139. The fourth-order valence-electron chi connectivity index (χ4n) is 2.84. The predicted octanol–water partition coefficient (Wildman–Crippen LogP) is 1.92. The fourth-order valence-corrected chi connectivity index (χ4v) is 2.84. The molecule has 1 aromatic carbocycles. The second-order valence-corrected chi connectivity index (χ2v) is 5.80. The third-order valence-electron chi connectivity index (χ3n) is 4.33. The Balaban J connectivity index is 1.81. The maximum Gasteiger partial charge on any atom is 0.317 e. The third kappa shape index (κ3) is 4.07. The number of carbonyl (C=O) groups is 2. The number of nitrogens with one attached hydrogen (secondary N) is 1. The van der Waals surface area contributed by atoms with E-state index < -0.39 is 5.97 Å². The van der Waals surface area contributed by atoms with Crippen LogP contribution in [0, 0.1) is 0 Å². The van der Waals surface area contributed by atoms with E-state index in [1.807, 2.05) is 36.1 Å².